The number of halogens is 2. The average Bonchev–Trinajstić information content (AvgIpc) is 2.15. The van der Waals surface area contributed by atoms with Crippen molar-refractivity contribution in [3.05, 3.63) is 29.6 Å². The summed E-state index contributed by atoms with van der Waals surface area (Å²) in [5, 5.41) is 0. The van der Waals surface area contributed by atoms with Gasteiger partial charge in [-0.2, -0.15) is 0 Å². The molecule has 15 heavy (non-hydrogen) atoms. The van der Waals surface area contributed by atoms with Crippen LogP contribution < -0.4 is 4.90 Å². The molecule has 3 heteroatoms. The minimum Gasteiger partial charge on any atom is -0.374 e. The van der Waals surface area contributed by atoms with Gasteiger partial charge in [0.1, 0.15) is 5.82 Å². The van der Waals surface area contributed by atoms with Crippen molar-refractivity contribution in [2.45, 2.75) is 19.7 Å². The zero-order valence-electron chi connectivity index (χ0n) is 9.43. The molecular formula is C12H17ClFN. The highest BCUT2D eigenvalue weighted by molar-refractivity contribution is 6.17. The molecule has 0 N–H and O–H groups in total. The first-order chi connectivity index (χ1) is 7.02. The molecule has 0 aromatic heterocycles. The second-order valence-electron chi connectivity index (χ2n) is 4.23. The third kappa shape index (κ3) is 3.71. The van der Waals surface area contributed by atoms with E-state index in [-0.39, 0.29) is 5.82 Å². The fourth-order valence-electron chi connectivity index (χ4n) is 1.58. The van der Waals surface area contributed by atoms with E-state index in [9.17, 15) is 4.39 Å². The van der Waals surface area contributed by atoms with Crippen molar-refractivity contribution in [1.82, 2.24) is 0 Å². The largest absolute Gasteiger partial charge is 0.374 e. The van der Waals surface area contributed by atoms with Crippen LogP contribution in [0.3, 0.4) is 0 Å². The topological polar surface area (TPSA) is 3.24 Å². The summed E-state index contributed by atoms with van der Waals surface area (Å²) in [7, 11) is 1.97. The Labute approximate surface area is 95.8 Å². The molecule has 1 rings (SSSR count). The molecule has 0 radical (unpaired) electrons. The highest BCUT2D eigenvalue weighted by atomic mass is 35.5. The van der Waals surface area contributed by atoms with Crippen LogP contribution in [0.1, 0.15) is 19.4 Å². The van der Waals surface area contributed by atoms with Gasteiger partial charge < -0.3 is 4.90 Å². The van der Waals surface area contributed by atoms with E-state index >= 15 is 0 Å². The van der Waals surface area contributed by atoms with Gasteiger partial charge in [0.15, 0.2) is 0 Å². The number of benzene rings is 1. The van der Waals surface area contributed by atoms with Gasteiger partial charge in [-0.15, -0.1) is 11.6 Å². The summed E-state index contributed by atoms with van der Waals surface area (Å²) >= 11 is 5.70. The van der Waals surface area contributed by atoms with Gasteiger partial charge in [-0.25, -0.2) is 4.39 Å². The fourth-order valence-corrected chi connectivity index (χ4v) is 1.74. The lowest BCUT2D eigenvalue weighted by molar-refractivity contribution is 0.618. The molecule has 84 valence electrons. The molecule has 0 heterocycles. The first-order valence-electron chi connectivity index (χ1n) is 5.09. The van der Waals surface area contributed by atoms with Gasteiger partial charge in [0.25, 0.3) is 0 Å². The Balaban J connectivity index is 2.88. The number of nitrogens with zero attached hydrogens (tertiary/aromatic N) is 1. The fraction of sp³-hybridized carbons (Fsp3) is 0.500. The number of hydrogen-bond acceptors (Lipinski definition) is 1. The van der Waals surface area contributed by atoms with E-state index < -0.39 is 0 Å². The Hall–Kier alpha value is -0.760. The van der Waals surface area contributed by atoms with Crippen molar-refractivity contribution in [2.75, 3.05) is 18.5 Å². The van der Waals surface area contributed by atoms with Gasteiger partial charge in [0.2, 0.25) is 0 Å². The maximum atomic E-state index is 13.2. The molecule has 0 bridgehead atoms. The number of hydrogen-bond donors (Lipinski definition) is 0. The molecule has 0 amide bonds. The lowest BCUT2D eigenvalue weighted by atomic mass is 10.1. The summed E-state index contributed by atoms with van der Waals surface area (Å²) in [4.78, 5) is 2.05. The van der Waals surface area contributed by atoms with Gasteiger partial charge in [0.05, 0.1) is 0 Å². The molecule has 1 aromatic carbocycles. The minimum atomic E-state index is -0.223. The van der Waals surface area contributed by atoms with E-state index in [1.807, 2.05) is 18.0 Å². The van der Waals surface area contributed by atoms with E-state index in [0.717, 1.165) is 17.8 Å². The number of rotatable bonds is 4. The normalized spacial score (nSPS) is 10.8. The van der Waals surface area contributed by atoms with Crippen molar-refractivity contribution in [3.63, 3.8) is 0 Å². The summed E-state index contributed by atoms with van der Waals surface area (Å²) in [6.07, 6.45) is 0. The lowest BCUT2D eigenvalue weighted by Gasteiger charge is -2.22. The Morgan fingerprint density at radius 2 is 2.00 bits per heavy atom. The lowest BCUT2D eigenvalue weighted by Crippen LogP contribution is -2.22. The van der Waals surface area contributed by atoms with Gasteiger partial charge in [-0.05, 0) is 29.7 Å². The Morgan fingerprint density at radius 3 is 2.53 bits per heavy atom. The van der Waals surface area contributed by atoms with Crippen LogP contribution in [0.2, 0.25) is 0 Å². The highest BCUT2D eigenvalue weighted by Crippen LogP contribution is 2.19. The third-order valence-electron chi connectivity index (χ3n) is 2.18. The van der Waals surface area contributed by atoms with Crippen LogP contribution in [0.4, 0.5) is 10.1 Å². The zero-order valence-corrected chi connectivity index (χ0v) is 10.2. The summed E-state index contributed by atoms with van der Waals surface area (Å²) in [6.45, 7) is 5.18. The minimum absolute atomic E-state index is 0.223. The summed E-state index contributed by atoms with van der Waals surface area (Å²) in [6, 6.07) is 4.94. The van der Waals surface area contributed by atoms with E-state index in [1.165, 1.54) is 6.07 Å². The van der Waals surface area contributed by atoms with Crippen LogP contribution in [-0.4, -0.2) is 13.6 Å². The number of alkyl halides is 1. The van der Waals surface area contributed by atoms with Gasteiger partial charge in [-0.1, -0.05) is 13.8 Å². The van der Waals surface area contributed by atoms with Crippen LogP contribution in [0.25, 0.3) is 0 Å². The molecule has 0 aliphatic rings. The molecule has 0 saturated heterocycles. The van der Waals surface area contributed by atoms with Crippen LogP contribution in [-0.2, 0) is 5.88 Å². The quantitative estimate of drug-likeness (QED) is 0.713. The van der Waals surface area contributed by atoms with Crippen molar-refractivity contribution < 1.29 is 4.39 Å². The monoisotopic (exact) mass is 229 g/mol. The van der Waals surface area contributed by atoms with Crippen molar-refractivity contribution in [3.8, 4) is 0 Å². The standard InChI is InChI=1S/C12H17ClFN/c1-9(2)8-15(3)12-5-10(7-13)4-11(14)6-12/h4-6,9H,7-8H2,1-3H3. The predicted octanol–water partition coefficient (Wildman–Crippen LogP) is 3.66. The Morgan fingerprint density at radius 1 is 1.33 bits per heavy atom. The molecule has 0 unspecified atom stereocenters. The maximum Gasteiger partial charge on any atom is 0.125 e. The maximum absolute atomic E-state index is 13.2. The van der Waals surface area contributed by atoms with Crippen LogP contribution in [0.5, 0.6) is 0 Å². The van der Waals surface area contributed by atoms with Gasteiger partial charge in [-0.3, -0.25) is 0 Å². The third-order valence-corrected chi connectivity index (χ3v) is 2.49. The van der Waals surface area contributed by atoms with Crippen molar-refractivity contribution in [2.24, 2.45) is 5.92 Å². The second kappa shape index (κ2) is 5.36. The Kier molecular flexibility index (Phi) is 4.40. The zero-order chi connectivity index (χ0) is 11.4. The second-order valence-corrected chi connectivity index (χ2v) is 4.49. The predicted molar refractivity (Wildman–Crippen MR) is 64.1 cm³/mol. The SMILES string of the molecule is CC(C)CN(C)c1cc(F)cc(CCl)c1. The van der Waals surface area contributed by atoms with Gasteiger partial charge >= 0.3 is 0 Å². The van der Waals surface area contributed by atoms with E-state index in [0.29, 0.717) is 11.8 Å². The molecular weight excluding hydrogens is 213 g/mol. The number of anilines is 1. The molecule has 1 nitrogen and oxygen atoms in total. The summed E-state index contributed by atoms with van der Waals surface area (Å²) < 4.78 is 13.2. The first-order valence-corrected chi connectivity index (χ1v) is 5.63. The molecule has 0 atom stereocenters. The highest BCUT2D eigenvalue weighted by Gasteiger charge is 2.06. The molecule has 0 saturated carbocycles. The molecule has 1 aromatic rings. The van der Waals surface area contributed by atoms with Crippen LogP contribution in [0.15, 0.2) is 18.2 Å². The van der Waals surface area contributed by atoms with Gasteiger partial charge in [0, 0.05) is 25.2 Å². The van der Waals surface area contributed by atoms with Crippen LogP contribution in [0, 0.1) is 11.7 Å². The van der Waals surface area contributed by atoms with Crippen LogP contribution >= 0.6 is 11.6 Å². The van der Waals surface area contributed by atoms with E-state index in [2.05, 4.69) is 13.8 Å². The average molecular weight is 230 g/mol. The Bertz CT molecular complexity index is 325. The first kappa shape index (κ1) is 12.3. The molecule has 0 fully saturated rings. The molecule has 0 aliphatic heterocycles. The van der Waals surface area contributed by atoms with E-state index in [4.69, 9.17) is 11.6 Å². The summed E-state index contributed by atoms with van der Waals surface area (Å²) in [5.41, 5.74) is 1.71. The molecule has 0 spiro atoms. The van der Waals surface area contributed by atoms with E-state index in [1.54, 1.807) is 6.07 Å². The van der Waals surface area contributed by atoms with Crippen molar-refractivity contribution in [1.29, 1.82) is 0 Å². The molecule has 0 aliphatic carbocycles. The smallest absolute Gasteiger partial charge is 0.125 e. The van der Waals surface area contributed by atoms with Crippen molar-refractivity contribution >= 4 is 17.3 Å². The summed E-state index contributed by atoms with van der Waals surface area (Å²) in [5.74, 6) is 0.678.